The Morgan fingerprint density at radius 3 is 2.21 bits per heavy atom. The maximum atomic E-state index is 3.57. The zero-order valence-electron chi connectivity index (χ0n) is 16.4. The van der Waals surface area contributed by atoms with Crippen molar-refractivity contribution < 1.29 is 0 Å². The van der Waals surface area contributed by atoms with Crippen molar-refractivity contribution in [3.8, 4) is 16.8 Å². The number of nitrogens with zero attached hydrogens (tertiary/aromatic N) is 1. The van der Waals surface area contributed by atoms with Gasteiger partial charge in [-0.25, -0.2) is 0 Å². The summed E-state index contributed by atoms with van der Waals surface area (Å²) in [6, 6.07) is 31.0. The van der Waals surface area contributed by atoms with Gasteiger partial charge < -0.3 is 4.57 Å². The van der Waals surface area contributed by atoms with E-state index >= 15 is 0 Å². The summed E-state index contributed by atoms with van der Waals surface area (Å²) in [6.07, 6.45) is 0. The molecule has 29 heavy (non-hydrogen) atoms. The summed E-state index contributed by atoms with van der Waals surface area (Å²) >= 11 is 3.57. The van der Waals surface area contributed by atoms with Crippen LogP contribution in [0.15, 0.2) is 89.4 Å². The molecule has 0 spiro atoms. The van der Waals surface area contributed by atoms with E-state index in [2.05, 4.69) is 119 Å². The Morgan fingerprint density at radius 1 is 0.655 bits per heavy atom. The molecule has 0 saturated carbocycles. The normalized spacial score (nSPS) is 14.3. The summed E-state index contributed by atoms with van der Waals surface area (Å²) in [4.78, 5) is 0. The molecule has 5 aromatic rings. The van der Waals surface area contributed by atoms with Gasteiger partial charge in [0.05, 0.1) is 11.0 Å². The average molecular weight is 438 g/mol. The minimum atomic E-state index is 0.0148. The molecule has 1 aliphatic rings. The third-order valence-electron chi connectivity index (χ3n) is 6.46. The lowest BCUT2D eigenvalue weighted by atomic mass is 9.82. The lowest BCUT2D eigenvalue weighted by Crippen LogP contribution is -2.14. The molecule has 1 heterocycles. The van der Waals surface area contributed by atoms with E-state index in [4.69, 9.17) is 0 Å². The van der Waals surface area contributed by atoms with E-state index in [1.54, 1.807) is 0 Å². The average Bonchev–Trinajstić information content (AvgIpc) is 3.18. The Morgan fingerprint density at radius 2 is 1.38 bits per heavy atom. The van der Waals surface area contributed by atoms with Gasteiger partial charge in [-0.05, 0) is 64.7 Å². The van der Waals surface area contributed by atoms with Gasteiger partial charge in [-0.2, -0.15) is 0 Å². The number of benzene rings is 4. The highest BCUT2D eigenvalue weighted by atomic mass is 79.9. The SMILES string of the molecule is CC1(C)c2ccccc2-c2cc3c(cc21)c1ccccc1n3-c1ccc(Br)cc1. The fourth-order valence-electron chi connectivity index (χ4n) is 5.03. The second kappa shape index (κ2) is 5.84. The summed E-state index contributed by atoms with van der Waals surface area (Å²) in [5.41, 5.74) is 9.28. The molecule has 0 amide bonds. The van der Waals surface area contributed by atoms with Crippen LogP contribution in [0, 0.1) is 0 Å². The molecular formula is C27H20BrN. The van der Waals surface area contributed by atoms with Crippen molar-refractivity contribution in [2.24, 2.45) is 0 Å². The number of fused-ring (bicyclic) bond motifs is 6. The summed E-state index contributed by atoms with van der Waals surface area (Å²) in [6.45, 7) is 4.69. The van der Waals surface area contributed by atoms with Crippen molar-refractivity contribution in [2.75, 3.05) is 0 Å². The second-order valence-electron chi connectivity index (χ2n) is 8.41. The van der Waals surface area contributed by atoms with Gasteiger partial charge in [-0.15, -0.1) is 0 Å². The largest absolute Gasteiger partial charge is 0.309 e. The monoisotopic (exact) mass is 437 g/mol. The third-order valence-corrected chi connectivity index (χ3v) is 6.99. The highest BCUT2D eigenvalue weighted by Gasteiger charge is 2.36. The quantitative estimate of drug-likeness (QED) is 0.251. The predicted octanol–water partition coefficient (Wildman–Crippen LogP) is 7.85. The first-order chi connectivity index (χ1) is 14.1. The number of rotatable bonds is 1. The molecule has 0 N–H and O–H groups in total. The summed E-state index contributed by atoms with van der Waals surface area (Å²) in [5.74, 6) is 0. The maximum Gasteiger partial charge on any atom is 0.0547 e. The number of para-hydroxylation sites is 1. The van der Waals surface area contributed by atoms with Crippen LogP contribution >= 0.6 is 15.9 Å². The summed E-state index contributed by atoms with van der Waals surface area (Å²) in [7, 11) is 0. The Kier molecular flexibility index (Phi) is 3.43. The number of hydrogen-bond donors (Lipinski definition) is 0. The zero-order valence-corrected chi connectivity index (χ0v) is 18.0. The molecule has 140 valence electrons. The van der Waals surface area contributed by atoms with E-state index in [0.29, 0.717) is 0 Å². The predicted molar refractivity (Wildman–Crippen MR) is 126 cm³/mol. The smallest absolute Gasteiger partial charge is 0.0547 e. The minimum absolute atomic E-state index is 0.0148. The van der Waals surface area contributed by atoms with Crippen LogP contribution in [0.2, 0.25) is 0 Å². The summed E-state index contributed by atoms with van der Waals surface area (Å²) in [5, 5.41) is 2.63. The third kappa shape index (κ3) is 2.27. The van der Waals surface area contributed by atoms with Crippen molar-refractivity contribution in [1.82, 2.24) is 4.57 Å². The second-order valence-corrected chi connectivity index (χ2v) is 9.33. The molecule has 4 aromatic carbocycles. The number of halogens is 1. The minimum Gasteiger partial charge on any atom is -0.309 e. The Bertz CT molecular complexity index is 1420. The first kappa shape index (κ1) is 17.1. The Labute approximate surface area is 178 Å². The van der Waals surface area contributed by atoms with Gasteiger partial charge in [0, 0.05) is 26.3 Å². The van der Waals surface area contributed by atoms with Gasteiger partial charge in [0.25, 0.3) is 0 Å². The van der Waals surface area contributed by atoms with E-state index in [-0.39, 0.29) is 5.41 Å². The Hall–Kier alpha value is -2.84. The first-order valence-electron chi connectivity index (χ1n) is 9.99. The highest BCUT2D eigenvalue weighted by Crippen LogP contribution is 2.50. The van der Waals surface area contributed by atoms with Gasteiger partial charge in [0.15, 0.2) is 0 Å². The molecule has 1 aliphatic carbocycles. The molecule has 0 bridgehead atoms. The van der Waals surface area contributed by atoms with Crippen LogP contribution in [0.5, 0.6) is 0 Å². The first-order valence-corrected chi connectivity index (χ1v) is 10.8. The van der Waals surface area contributed by atoms with E-state index in [1.165, 1.54) is 49.7 Å². The van der Waals surface area contributed by atoms with Gasteiger partial charge in [-0.3, -0.25) is 0 Å². The summed E-state index contributed by atoms with van der Waals surface area (Å²) < 4.78 is 3.49. The fourth-order valence-corrected chi connectivity index (χ4v) is 5.30. The van der Waals surface area contributed by atoms with Crippen molar-refractivity contribution in [1.29, 1.82) is 0 Å². The Balaban J connectivity index is 1.77. The van der Waals surface area contributed by atoms with Crippen LogP contribution in [0.4, 0.5) is 0 Å². The van der Waals surface area contributed by atoms with Crippen molar-refractivity contribution in [2.45, 2.75) is 19.3 Å². The molecule has 0 fully saturated rings. The number of hydrogen-bond acceptors (Lipinski definition) is 0. The molecule has 1 nitrogen and oxygen atoms in total. The van der Waals surface area contributed by atoms with Crippen LogP contribution in [-0.2, 0) is 5.41 Å². The lowest BCUT2D eigenvalue weighted by molar-refractivity contribution is 0.661. The van der Waals surface area contributed by atoms with Crippen molar-refractivity contribution in [3.63, 3.8) is 0 Å². The topological polar surface area (TPSA) is 4.93 Å². The molecule has 0 atom stereocenters. The van der Waals surface area contributed by atoms with E-state index in [1.807, 2.05) is 0 Å². The van der Waals surface area contributed by atoms with Gasteiger partial charge in [0.2, 0.25) is 0 Å². The number of aromatic nitrogens is 1. The van der Waals surface area contributed by atoms with Crippen LogP contribution in [0.1, 0.15) is 25.0 Å². The highest BCUT2D eigenvalue weighted by molar-refractivity contribution is 9.10. The van der Waals surface area contributed by atoms with Gasteiger partial charge in [0.1, 0.15) is 0 Å². The molecule has 6 rings (SSSR count). The van der Waals surface area contributed by atoms with Gasteiger partial charge in [-0.1, -0.05) is 72.2 Å². The van der Waals surface area contributed by atoms with Crippen LogP contribution in [0.3, 0.4) is 0 Å². The van der Waals surface area contributed by atoms with Crippen LogP contribution in [-0.4, -0.2) is 4.57 Å². The maximum absolute atomic E-state index is 3.57. The molecule has 0 saturated heterocycles. The molecule has 0 aliphatic heterocycles. The zero-order chi connectivity index (χ0) is 19.8. The standard InChI is InChI=1S/C27H20BrN/c1-27(2)23-9-5-3-7-19(23)21-16-26-22(15-24(21)27)20-8-4-6-10-25(20)29(26)18-13-11-17(28)12-14-18/h3-16H,1-2H3. The molecule has 0 unspecified atom stereocenters. The fraction of sp³-hybridized carbons (Fsp3) is 0.111. The van der Waals surface area contributed by atoms with Crippen molar-refractivity contribution >= 4 is 37.7 Å². The molecular weight excluding hydrogens is 418 g/mol. The van der Waals surface area contributed by atoms with Crippen molar-refractivity contribution in [3.05, 3.63) is 101 Å². The lowest BCUT2D eigenvalue weighted by Gasteiger charge is -2.21. The van der Waals surface area contributed by atoms with E-state index < -0.39 is 0 Å². The molecule has 2 heteroatoms. The van der Waals surface area contributed by atoms with Gasteiger partial charge >= 0.3 is 0 Å². The van der Waals surface area contributed by atoms with Crippen LogP contribution < -0.4 is 0 Å². The molecule has 0 radical (unpaired) electrons. The van der Waals surface area contributed by atoms with E-state index in [0.717, 1.165) is 4.47 Å². The molecule has 1 aromatic heterocycles. The van der Waals surface area contributed by atoms with Crippen LogP contribution in [0.25, 0.3) is 38.6 Å². The van der Waals surface area contributed by atoms with E-state index in [9.17, 15) is 0 Å².